The second kappa shape index (κ2) is 10.5. The molecule has 0 saturated carbocycles. The van der Waals surface area contributed by atoms with Gasteiger partial charge in [0.25, 0.3) is 5.89 Å². The number of carbonyl (C=O) groups is 1. The van der Waals surface area contributed by atoms with Gasteiger partial charge in [0.1, 0.15) is 11.6 Å². The number of rotatable bonds is 9. The number of unbranched alkanes of at least 4 members (excludes halogenated alkanes) is 2. The fourth-order valence-electron chi connectivity index (χ4n) is 4.07. The lowest BCUT2D eigenvalue weighted by atomic mass is 9.94. The number of allylic oxidation sites excluding steroid dienone is 1. The van der Waals surface area contributed by atoms with Crippen molar-refractivity contribution in [3.63, 3.8) is 0 Å². The molecule has 2 amide bonds. The number of aromatic nitrogens is 2. The summed E-state index contributed by atoms with van der Waals surface area (Å²) in [4.78, 5) is 19.4. The standard InChI is InChI=1S/C26H29FN4O3/c1-4-6-7-16-31-17(3)22(25-29-24(30-34-25)19-8-12-20(27)13-9-19)23(28-26(31)32)18-10-14-21(15-11-18)33-5-2/h8-15,23H,4-7,16H2,1-3H3,(H,28,32). The van der Waals surface area contributed by atoms with Crippen molar-refractivity contribution in [1.82, 2.24) is 20.4 Å². The highest BCUT2D eigenvalue weighted by atomic mass is 19.1. The summed E-state index contributed by atoms with van der Waals surface area (Å²) < 4.78 is 24.6. The van der Waals surface area contributed by atoms with Crippen molar-refractivity contribution in [2.45, 2.75) is 46.1 Å². The van der Waals surface area contributed by atoms with E-state index in [-0.39, 0.29) is 11.8 Å². The van der Waals surface area contributed by atoms with Crippen LogP contribution < -0.4 is 10.1 Å². The first-order valence-corrected chi connectivity index (χ1v) is 11.6. The summed E-state index contributed by atoms with van der Waals surface area (Å²) in [5.41, 5.74) is 3.03. The second-order valence-corrected chi connectivity index (χ2v) is 8.17. The van der Waals surface area contributed by atoms with Gasteiger partial charge in [-0.3, -0.25) is 4.90 Å². The van der Waals surface area contributed by atoms with E-state index in [9.17, 15) is 9.18 Å². The van der Waals surface area contributed by atoms with Gasteiger partial charge in [0.05, 0.1) is 18.2 Å². The molecule has 7 nitrogen and oxygen atoms in total. The quantitative estimate of drug-likeness (QED) is 0.395. The Hall–Kier alpha value is -3.68. The number of carbonyl (C=O) groups excluding carboxylic acids is 1. The largest absolute Gasteiger partial charge is 0.494 e. The van der Waals surface area contributed by atoms with Gasteiger partial charge < -0.3 is 14.6 Å². The molecule has 1 aliphatic rings. The molecule has 4 rings (SSSR count). The van der Waals surface area contributed by atoms with E-state index in [0.29, 0.717) is 30.4 Å². The third-order valence-electron chi connectivity index (χ3n) is 5.86. The molecule has 0 aliphatic carbocycles. The summed E-state index contributed by atoms with van der Waals surface area (Å²) in [5.74, 6) is 1.10. The highest BCUT2D eigenvalue weighted by molar-refractivity contribution is 5.86. The van der Waals surface area contributed by atoms with Crippen LogP contribution >= 0.6 is 0 Å². The van der Waals surface area contributed by atoms with Crippen LogP contribution in [0.4, 0.5) is 9.18 Å². The normalized spacial score (nSPS) is 16.1. The Morgan fingerprint density at radius 1 is 1.09 bits per heavy atom. The van der Waals surface area contributed by atoms with Gasteiger partial charge in [-0.1, -0.05) is 37.1 Å². The average molecular weight is 465 g/mol. The van der Waals surface area contributed by atoms with E-state index >= 15 is 0 Å². The Bertz CT molecular complexity index is 1160. The zero-order valence-electron chi connectivity index (χ0n) is 19.7. The first-order chi connectivity index (χ1) is 16.5. The number of urea groups is 1. The van der Waals surface area contributed by atoms with E-state index in [2.05, 4.69) is 22.4 Å². The maximum atomic E-state index is 13.3. The second-order valence-electron chi connectivity index (χ2n) is 8.17. The number of halogens is 1. The van der Waals surface area contributed by atoms with Crippen LogP contribution in [0.5, 0.6) is 5.75 Å². The van der Waals surface area contributed by atoms with Crippen molar-refractivity contribution in [3.8, 4) is 17.1 Å². The molecule has 3 aromatic rings. The van der Waals surface area contributed by atoms with Gasteiger partial charge in [0, 0.05) is 17.8 Å². The number of hydrogen-bond donors (Lipinski definition) is 1. The van der Waals surface area contributed by atoms with E-state index in [4.69, 9.17) is 9.26 Å². The Morgan fingerprint density at radius 3 is 2.50 bits per heavy atom. The van der Waals surface area contributed by atoms with Crippen LogP contribution in [0.15, 0.2) is 58.8 Å². The molecule has 1 aliphatic heterocycles. The molecule has 2 aromatic carbocycles. The molecule has 1 unspecified atom stereocenters. The maximum absolute atomic E-state index is 13.3. The maximum Gasteiger partial charge on any atom is 0.322 e. The van der Waals surface area contributed by atoms with Crippen LogP contribution in [0.25, 0.3) is 17.0 Å². The molecule has 1 atom stereocenters. The minimum Gasteiger partial charge on any atom is -0.494 e. The lowest BCUT2D eigenvalue weighted by Crippen LogP contribution is -2.46. The summed E-state index contributed by atoms with van der Waals surface area (Å²) in [6.45, 7) is 7.14. The van der Waals surface area contributed by atoms with E-state index in [0.717, 1.165) is 41.8 Å². The summed E-state index contributed by atoms with van der Waals surface area (Å²) in [6, 6.07) is 12.9. The van der Waals surface area contributed by atoms with Crippen LogP contribution in [0.3, 0.4) is 0 Å². The highest BCUT2D eigenvalue weighted by Gasteiger charge is 2.35. The molecule has 0 fully saturated rings. The number of benzene rings is 2. The molecule has 0 spiro atoms. The number of nitrogens with zero attached hydrogens (tertiary/aromatic N) is 3. The molecular formula is C26H29FN4O3. The van der Waals surface area contributed by atoms with E-state index < -0.39 is 6.04 Å². The lowest BCUT2D eigenvalue weighted by Gasteiger charge is -2.35. The van der Waals surface area contributed by atoms with Crippen molar-refractivity contribution in [2.75, 3.05) is 13.2 Å². The van der Waals surface area contributed by atoms with E-state index in [1.807, 2.05) is 38.1 Å². The van der Waals surface area contributed by atoms with Crippen molar-refractivity contribution < 1.29 is 18.4 Å². The molecule has 0 bridgehead atoms. The Morgan fingerprint density at radius 2 is 1.82 bits per heavy atom. The third-order valence-corrected chi connectivity index (χ3v) is 5.86. The number of amides is 2. The van der Waals surface area contributed by atoms with Crippen LogP contribution in [0, 0.1) is 5.82 Å². The average Bonchev–Trinajstić information content (AvgIpc) is 3.32. The van der Waals surface area contributed by atoms with Gasteiger partial charge in [-0.05, 0) is 62.2 Å². The van der Waals surface area contributed by atoms with Crippen molar-refractivity contribution in [3.05, 3.63) is 71.5 Å². The predicted molar refractivity (Wildman–Crippen MR) is 127 cm³/mol. The summed E-state index contributed by atoms with van der Waals surface area (Å²) in [7, 11) is 0. The van der Waals surface area contributed by atoms with Gasteiger partial charge in [-0.2, -0.15) is 4.98 Å². The zero-order valence-corrected chi connectivity index (χ0v) is 19.7. The molecule has 0 radical (unpaired) electrons. The Balaban J connectivity index is 1.74. The van der Waals surface area contributed by atoms with Crippen molar-refractivity contribution in [1.29, 1.82) is 0 Å². The van der Waals surface area contributed by atoms with Gasteiger partial charge in [-0.25, -0.2) is 9.18 Å². The van der Waals surface area contributed by atoms with Gasteiger partial charge >= 0.3 is 6.03 Å². The van der Waals surface area contributed by atoms with Crippen LogP contribution in [-0.2, 0) is 0 Å². The third kappa shape index (κ3) is 4.95. The number of ether oxygens (including phenoxy) is 1. The SMILES string of the molecule is CCCCCN1C(=O)NC(c2ccc(OCC)cc2)C(c2nc(-c3ccc(F)cc3)no2)=C1C. The van der Waals surface area contributed by atoms with Crippen LogP contribution in [0.1, 0.15) is 57.5 Å². The lowest BCUT2D eigenvalue weighted by molar-refractivity contribution is 0.204. The summed E-state index contributed by atoms with van der Waals surface area (Å²) in [5, 5.41) is 7.23. The predicted octanol–water partition coefficient (Wildman–Crippen LogP) is 5.96. The molecule has 0 saturated heterocycles. The Kier molecular flexibility index (Phi) is 7.25. The van der Waals surface area contributed by atoms with Crippen LogP contribution in [-0.4, -0.2) is 34.2 Å². The molecule has 34 heavy (non-hydrogen) atoms. The fraction of sp³-hybridized carbons (Fsp3) is 0.346. The summed E-state index contributed by atoms with van der Waals surface area (Å²) >= 11 is 0. The molecule has 178 valence electrons. The van der Waals surface area contributed by atoms with E-state index in [1.165, 1.54) is 12.1 Å². The highest BCUT2D eigenvalue weighted by Crippen LogP contribution is 2.38. The monoisotopic (exact) mass is 464 g/mol. The topological polar surface area (TPSA) is 80.5 Å². The van der Waals surface area contributed by atoms with Gasteiger partial charge in [0.15, 0.2) is 0 Å². The molecular weight excluding hydrogens is 435 g/mol. The fourth-order valence-corrected chi connectivity index (χ4v) is 4.07. The molecule has 1 N–H and O–H groups in total. The number of nitrogens with one attached hydrogen (secondary N) is 1. The zero-order chi connectivity index (χ0) is 24.1. The van der Waals surface area contributed by atoms with Crippen LogP contribution in [0.2, 0.25) is 0 Å². The van der Waals surface area contributed by atoms with Crippen molar-refractivity contribution >= 4 is 11.6 Å². The molecule has 1 aromatic heterocycles. The van der Waals surface area contributed by atoms with Gasteiger partial charge in [-0.15, -0.1) is 0 Å². The Labute approximate surface area is 198 Å². The smallest absolute Gasteiger partial charge is 0.322 e. The first-order valence-electron chi connectivity index (χ1n) is 11.6. The molecule has 8 heteroatoms. The van der Waals surface area contributed by atoms with Crippen molar-refractivity contribution in [2.24, 2.45) is 0 Å². The molecule has 2 heterocycles. The first kappa shape index (κ1) is 23.5. The summed E-state index contributed by atoms with van der Waals surface area (Å²) in [6.07, 6.45) is 2.99. The minimum atomic E-state index is -0.466. The van der Waals surface area contributed by atoms with Gasteiger partial charge in [0.2, 0.25) is 5.82 Å². The number of hydrogen-bond acceptors (Lipinski definition) is 5. The van der Waals surface area contributed by atoms with E-state index in [1.54, 1.807) is 17.0 Å². The minimum absolute atomic E-state index is 0.158.